The molecule has 0 radical (unpaired) electrons. The number of nitrogens with zero attached hydrogens (tertiary/aromatic N) is 2. The average Bonchev–Trinajstić information content (AvgIpc) is 3.56. The largest absolute Gasteiger partial charge is 0.497 e. The van der Waals surface area contributed by atoms with Crippen LogP contribution in [0.5, 0.6) is 17.2 Å². The molecule has 69 heavy (non-hydrogen) atoms. The molecule has 0 saturated carbocycles. The number of fused-ring (bicyclic) bond motifs is 5. The Hall–Kier alpha value is -7.44. The van der Waals surface area contributed by atoms with Crippen molar-refractivity contribution in [1.29, 1.82) is 0 Å². The van der Waals surface area contributed by atoms with Crippen LogP contribution in [0.1, 0.15) is 119 Å². The van der Waals surface area contributed by atoms with Gasteiger partial charge in [0.1, 0.15) is 17.2 Å². The summed E-state index contributed by atoms with van der Waals surface area (Å²) < 4.78 is 13.8. The lowest BCUT2D eigenvalue weighted by Crippen LogP contribution is -2.32. The second-order valence-electron chi connectivity index (χ2n) is 19.2. The number of nitrogens with one attached hydrogen (secondary N) is 3. The van der Waals surface area contributed by atoms with Crippen LogP contribution in [0.15, 0.2) is 102 Å². The predicted octanol–water partition coefficient (Wildman–Crippen LogP) is 9.64. The summed E-state index contributed by atoms with van der Waals surface area (Å²) in [5.74, 6) is -0.292. The van der Waals surface area contributed by atoms with Crippen molar-refractivity contribution in [2.24, 2.45) is 4.99 Å². The number of aromatic carboxylic acids is 1. The summed E-state index contributed by atoms with van der Waals surface area (Å²) in [4.78, 5) is 58.9. The normalized spacial score (nSPS) is 14.9. The summed E-state index contributed by atoms with van der Waals surface area (Å²) in [5.41, 5.74) is 8.83. The second-order valence-corrected chi connectivity index (χ2v) is 19.6. The summed E-state index contributed by atoms with van der Waals surface area (Å²) in [6.45, 7) is 14.9. The number of carbonyl (C=O) groups is 4. The molecular formula is C56H54ClN5O7. The molecule has 0 unspecified atom stereocenters. The number of carboxylic acid groups (broad SMARTS) is 1. The smallest absolute Gasteiger partial charge is 0.336 e. The molecule has 5 aromatic carbocycles. The van der Waals surface area contributed by atoms with Crippen LogP contribution in [0, 0.1) is 6.92 Å². The molecule has 0 fully saturated rings. The SMILES string of the molecule is COc1ccc2c(c1)c(CC(=O)NCCCCNC(=O)c1ccc(C3=c4cc5c(cc4Oc4cc6c(cc43)C(C)=CC(C)(C)N6)=NC(C)(C)C=C5C)c(C(=O)O)c1)c(C)n2C(=O)c1ccc(Cl)cc1. The van der Waals surface area contributed by atoms with Gasteiger partial charge in [0, 0.05) is 85.6 Å². The van der Waals surface area contributed by atoms with E-state index in [0.29, 0.717) is 81.7 Å². The van der Waals surface area contributed by atoms with Crippen LogP contribution < -0.4 is 36.0 Å². The third kappa shape index (κ3) is 9.04. The number of amides is 2. The number of hydrogen-bond donors (Lipinski definition) is 4. The maximum absolute atomic E-state index is 13.7. The highest BCUT2D eigenvalue weighted by Gasteiger charge is 2.31. The third-order valence-electron chi connectivity index (χ3n) is 13.0. The molecule has 3 aliphatic rings. The lowest BCUT2D eigenvalue weighted by Gasteiger charge is -2.33. The van der Waals surface area contributed by atoms with E-state index in [1.807, 2.05) is 37.3 Å². The molecule has 12 nitrogen and oxygen atoms in total. The molecule has 0 saturated heterocycles. The number of hydrogen-bond acceptors (Lipinski definition) is 8. The van der Waals surface area contributed by atoms with Crippen molar-refractivity contribution < 1.29 is 33.8 Å². The molecule has 1 aromatic heterocycles. The fourth-order valence-electron chi connectivity index (χ4n) is 9.93. The van der Waals surface area contributed by atoms with E-state index in [9.17, 15) is 24.3 Å². The number of rotatable bonds is 12. The van der Waals surface area contributed by atoms with E-state index in [4.69, 9.17) is 26.1 Å². The summed E-state index contributed by atoms with van der Waals surface area (Å²) in [6.07, 6.45) is 5.47. The number of anilines is 1. The summed E-state index contributed by atoms with van der Waals surface area (Å²) >= 11 is 6.08. The summed E-state index contributed by atoms with van der Waals surface area (Å²) in [6, 6.07) is 24.9. The number of carboxylic acids is 1. The third-order valence-corrected chi connectivity index (χ3v) is 13.3. The van der Waals surface area contributed by atoms with E-state index in [1.165, 1.54) is 6.07 Å². The Kier molecular flexibility index (Phi) is 12.1. The van der Waals surface area contributed by atoms with Crippen molar-refractivity contribution in [2.45, 2.75) is 78.8 Å². The van der Waals surface area contributed by atoms with Crippen molar-refractivity contribution >= 4 is 68.6 Å². The molecule has 9 rings (SSSR count). The zero-order valence-electron chi connectivity index (χ0n) is 39.9. The standard InChI is InChI=1S/C56H54ClN5O7/c1-30-28-55(4,5)60-45-26-48-43(23-38(30)45)51(44-24-39-31(2)29-56(6,7)61-46(39)27-49(44)69-48)37-17-13-34(21-42(37)54(66)67)52(64)59-20-10-9-19-58-50(63)25-40-32(3)62(47-18-16-36(68-8)22-41(40)47)53(65)33-11-14-35(57)15-12-33/h11-18,21-24,26-29,60H,9-10,19-20,25H2,1-8H3,(H,58,63)(H,59,64)(H,66,67). The molecule has 0 bridgehead atoms. The van der Waals surface area contributed by atoms with Gasteiger partial charge < -0.3 is 30.5 Å². The van der Waals surface area contributed by atoms with E-state index in [2.05, 4.69) is 75.7 Å². The molecule has 4 heterocycles. The van der Waals surface area contributed by atoms with E-state index in [0.717, 1.165) is 49.5 Å². The van der Waals surface area contributed by atoms with Crippen molar-refractivity contribution in [3.05, 3.63) is 163 Å². The Morgan fingerprint density at radius 3 is 2.22 bits per heavy atom. The predicted molar refractivity (Wildman–Crippen MR) is 271 cm³/mol. The lowest BCUT2D eigenvalue weighted by molar-refractivity contribution is -0.120. The number of methoxy groups -OCH3 is 1. The quantitative estimate of drug-likeness (QED) is 0.0882. The van der Waals surface area contributed by atoms with Crippen molar-refractivity contribution in [3.63, 3.8) is 0 Å². The Morgan fingerprint density at radius 2 is 1.49 bits per heavy atom. The first-order chi connectivity index (χ1) is 32.8. The van der Waals surface area contributed by atoms with E-state index in [1.54, 1.807) is 54.1 Å². The van der Waals surface area contributed by atoms with Crippen LogP contribution in [-0.2, 0) is 11.2 Å². The number of halogens is 1. The minimum Gasteiger partial charge on any atom is -0.497 e. The molecular weight excluding hydrogens is 890 g/mol. The highest BCUT2D eigenvalue weighted by molar-refractivity contribution is 6.30. The monoisotopic (exact) mass is 943 g/mol. The van der Waals surface area contributed by atoms with Crippen molar-refractivity contribution in [1.82, 2.24) is 15.2 Å². The maximum atomic E-state index is 13.7. The second kappa shape index (κ2) is 17.9. The van der Waals surface area contributed by atoms with Crippen LogP contribution in [-0.4, -0.2) is 64.6 Å². The van der Waals surface area contributed by atoms with E-state index in [-0.39, 0.29) is 34.9 Å². The molecule has 0 atom stereocenters. The Morgan fingerprint density at radius 1 is 0.783 bits per heavy atom. The van der Waals surface area contributed by atoms with Crippen molar-refractivity contribution in [3.8, 4) is 17.2 Å². The van der Waals surface area contributed by atoms with Crippen LogP contribution in [0.4, 0.5) is 5.69 Å². The zero-order chi connectivity index (χ0) is 49.1. The van der Waals surface area contributed by atoms with E-state index < -0.39 is 17.4 Å². The first kappa shape index (κ1) is 46.7. The molecule has 2 amide bonds. The van der Waals surface area contributed by atoms with Gasteiger partial charge in [-0.3, -0.25) is 23.9 Å². The van der Waals surface area contributed by atoms with Gasteiger partial charge in [0.15, 0.2) is 0 Å². The molecule has 4 N–H and O–H groups in total. The van der Waals surface area contributed by atoms with Crippen LogP contribution in [0.3, 0.4) is 0 Å². The first-order valence-corrected chi connectivity index (χ1v) is 23.4. The summed E-state index contributed by atoms with van der Waals surface area (Å²) in [5, 5.41) is 23.1. The molecule has 0 spiro atoms. The lowest BCUT2D eigenvalue weighted by atomic mass is 9.84. The molecule has 352 valence electrons. The van der Waals surface area contributed by atoms with Gasteiger partial charge >= 0.3 is 5.97 Å². The number of allylic oxidation sites excluding steroid dienone is 2. The Bertz CT molecular complexity index is 3380. The van der Waals surface area contributed by atoms with Gasteiger partial charge in [-0.1, -0.05) is 29.8 Å². The fourth-order valence-corrected chi connectivity index (χ4v) is 10.1. The molecule has 0 aliphatic carbocycles. The molecule has 13 heteroatoms. The van der Waals surface area contributed by atoms with Crippen molar-refractivity contribution in [2.75, 3.05) is 25.5 Å². The van der Waals surface area contributed by atoms with E-state index >= 15 is 0 Å². The molecule has 6 aromatic rings. The fraction of sp³-hybridized carbons (Fsp3) is 0.268. The minimum absolute atomic E-state index is 0.0228. The minimum atomic E-state index is -1.17. The number of ether oxygens (including phenoxy) is 2. The number of unbranched alkanes of at least 4 members (excludes halogenated alkanes) is 1. The number of benzene rings is 5. The number of carbonyl (C=O) groups excluding carboxylic acids is 3. The first-order valence-electron chi connectivity index (χ1n) is 23.0. The van der Waals surface area contributed by atoms with Crippen LogP contribution in [0.25, 0.3) is 27.6 Å². The van der Waals surface area contributed by atoms with Gasteiger partial charge in [0.25, 0.3) is 11.8 Å². The van der Waals surface area contributed by atoms with Gasteiger partial charge in [-0.05, 0) is 150 Å². The highest BCUT2D eigenvalue weighted by Crippen LogP contribution is 2.45. The Labute approximate surface area is 405 Å². The summed E-state index contributed by atoms with van der Waals surface area (Å²) in [7, 11) is 1.57. The zero-order valence-corrected chi connectivity index (χ0v) is 40.7. The number of aromatic nitrogens is 1. The average molecular weight is 945 g/mol. The maximum Gasteiger partial charge on any atom is 0.336 e. The van der Waals surface area contributed by atoms with Gasteiger partial charge in [0.2, 0.25) is 5.91 Å². The van der Waals surface area contributed by atoms with Gasteiger partial charge in [-0.25, -0.2) is 4.79 Å². The van der Waals surface area contributed by atoms with Gasteiger partial charge in [-0.15, -0.1) is 0 Å². The Balaban J connectivity index is 0.917. The van der Waals surface area contributed by atoms with Crippen LogP contribution in [0.2, 0.25) is 5.02 Å². The van der Waals surface area contributed by atoms with Gasteiger partial charge in [0.05, 0.1) is 41.0 Å². The molecule has 3 aliphatic heterocycles. The van der Waals surface area contributed by atoms with Gasteiger partial charge in [-0.2, -0.15) is 0 Å². The highest BCUT2D eigenvalue weighted by atomic mass is 35.5. The topological polar surface area (TPSA) is 160 Å². The van der Waals surface area contributed by atoms with Crippen LogP contribution >= 0.6 is 11.6 Å².